The van der Waals surface area contributed by atoms with Gasteiger partial charge in [0.05, 0.1) is 5.69 Å². The van der Waals surface area contributed by atoms with Gasteiger partial charge in [-0.3, -0.25) is 14.3 Å². The second-order valence-electron chi connectivity index (χ2n) is 4.73. The fourth-order valence-electron chi connectivity index (χ4n) is 2.01. The van der Waals surface area contributed by atoms with Gasteiger partial charge in [0.25, 0.3) is 0 Å². The molecule has 2 rings (SSSR count). The molecular weight excluding hydrogens is 234 g/mol. The zero-order valence-corrected chi connectivity index (χ0v) is 10.6. The van der Waals surface area contributed by atoms with Gasteiger partial charge >= 0.3 is 5.97 Å². The fourth-order valence-corrected chi connectivity index (χ4v) is 2.01. The maximum atomic E-state index is 12.1. The Balaban J connectivity index is 2.05. The van der Waals surface area contributed by atoms with E-state index in [0.717, 1.165) is 24.2 Å². The molecule has 6 nitrogen and oxygen atoms in total. The van der Waals surface area contributed by atoms with Gasteiger partial charge in [-0.25, -0.2) is 0 Å². The Morgan fingerprint density at radius 1 is 1.50 bits per heavy atom. The van der Waals surface area contributed by atoms with E-state index in [4.69, 9.17) is 5.11 Å². The number of rotatable bonds is 5. The first kappa shape index (κ1) is 12.6. The van der Waals surface area contributed by atoms with Crippen molar-refractivity contribution in [3.05, 3.63) is 17.5 Å². The third-order valence-electron chi connectivity index (χ3n) is 3.00. The molecule has 1 aliphatic carbocycles. The van der Waals surface area contributed by atoms with Crippen LogP contribution in [0.25, 0.3) is 0 Å². The van der Waals surface area contributed by atoms with E-state index in [9.17, 15) is 9.59 Å². The zero-order chi connectivity index (χ0) is 13.3. The van der Waals surface area contributed by atoms with Gasteiger partial charge in [0.15, 0.2) is 0 Å². The van der Waals surface area contributed by atoms with Crippen LogP contribution in [-0.4, -0.2) is 44.3 Å². The van der Waals surface area contributed by atoms with Crippen molar-refractivity contribution in [3.63, 3.8) is 0 Å². The summed E-state index contributed by atoms with van der Waals surface area (Å²) < 4.78 is 1.62. The number of amides is 1. The lowest BCUT2D eigenvalue weighted by Gasteiger charge is -2.20. The molecule has 0 radical (unpaired) electrons. The van der Waals surface area contributed by atoms with Gasteiger partial charge in [-0.1, -0.05) is 0 Å². The standard InChI is InChI=1S/C12H17N3O3/c1-8-5-9(2)15(13-8)6-11(16)14(7-12(17)18)10-3-4-10/h5,10H,3-4,6-7H2,1-2H3,(H,17,18). The van der Waals surface area contributed by atoms with Crippen LogP contribution >= 0.6 is 0 Å². The minimum Gasteiger partial charge on any atom is -0.480 e. The summed E-state index contributed by atoms with van der Waals surface area (Å²) in [6.45, 7) is 3.64. The molecule has 0 aliphatic heterocycles. The van der Waals surface area contributed by atoms with Crippen LogP contribution in [0.15, 0.2) is 6.07 Å². The number of carboxylic acid groups (broad SMARTS) is 1. The monoisotopic (exact) mass is 251 g/mol. The smallest absolute Gasteiger partial charge is 0.323 e. The molecule has 98 valence electrons. The lowest BCUT2D eigenvalue weighted by molar-refractivity contribution is -0.145. The van der Waals surface area contributed by atoms with Crippen molar-refractivity contribution in [3.8, 4) is 0 Å². The Morgan fingerprint density at radius 3 is 2.61 bits per heavy atom. The third-order valence-corrected chi connectivity index (χ3v) is 3.00. The highest BCUT2D eigenvalue weighted by Crippen LogP contribution is 2.26. The number of aromatic nitrogens is 2. The average molecular weight is 251 g/mol. The maximum Gasteiger partial charge on any atom is 0.323 e. The normalized spacial score (nSPS) is 14.6. The van der Waals surface area contributed by atoms with Crippen molar-refractivity contribution >= 4 is 11.9 Å². The van der Waals surface area contributed by atoms with Crippen molar-refractivity contribution in [2.75, 3.05) is 6.54 Å². The van der Waals surface area contributed by atoms with E-state index >= 15 is 0 Å². The number of hydrogen-bond acceptors (Lipinski definition) is 3. The molecule has 1 fully saturated rings. The number of aryl methyl sites for hydroxylation is 2. The molecule has 0 unspecified atom stereocenters. The lowest BCUT2D eigenvalue weighted by Crippen LogP contribution is -2.39. The van der Waals surface area contributed by atoms with Gasteiger partial charge in [-0.05, 0) is 32.8 Å². The van der Waals surface area contributed by atoms with Gasteiger partial charge < -0.3 is 10.0 Å². The van der Waals surface area contributed by atoms with E-state index in [1.807, 2.05) is 19.9 Å². The number of nitrogens with zero attached hydrogens (tertiary/aromatic N) is 3. The van der Waals surface area contributed by atoms with Crippen LogP contribution in [0.2, 0.25) is 0 Å². The van der Waals surface area contributed by atoms with Crippen LogP contribution < -0.4 is 0 Å². The Hall–Kier alpha value is -1.85. The Morgan fingerprint density at radius 2 is 2.17 bits per heavy atom. The zero-order valence-electron chi connectivity index (χ0n) is 10.6. The lowest BCUT2D eigenvalue weighted by atomic mass is 10.4. The summed E-state index contributed by atoms with van der Waals surface area (Å²) in [4.78, 5) is 24.3. The molecular formula is C12H17N3O3. The first-order valence-electron chi connectivity index (χ1n) is 5.99. The Bertz CT molecular complexity index is 477. The quantitative estimate of drug-likeness (QED) is 0.830. The van der Waals surface area contributed by atoms with Gasteiger partial charge in [0.2, 0.25) is 5.91 Å². The van der Waals surface area contributed by atoms with Gasteiger partial charge in [0.1, 0.15) is 13.1 Å². The predicted octanol–water partition coefficient (Wildman–Crippen LogP) is 0.576. The molecule has 0 atom stereocenters. The second-order valence-corrected chi connectivity index (χ2v) is 4.73. The Labute approximate surface area is 105 Å². The molecule has 0 spiro atoms. The minimum absolute atomic E-state index is 0.102. The van der Waals surface area contributed by atoms with Crippen molar-refractivity contribution < 1.29 is 14.7 Å². The molecule has 1 saturated carbocycles. The van der Waals surface area contributed by atoms with E-state index < -0.39 is 5.97 Å². The third kappa shape index (κ3) is 2.88. The van der Waals surface area contributed by atoms with Gasteiger partial charge in [-0.15, -0.1) is 0 Å². The molecule has 1 aromatic rings. The highest BCUT2D eigenvalue weighted by atomic mass is 16.4. The number of carbonyl (C=O) groups is 2. The number of carbonyl (C=O) groups excluding carboxylic acids is 1. The highest BCUT2D eigenvalue weighted by molar-refractivity contribution is 5.81. The van der Waals surface area contributed by atoms with E-state index in [1.165, 1.54) is 4.90 Å². The van der Waals surface area contributed by atoms with Crippen molar-refractivity contribution in [2.24, 2.45) is 0 Å². The van der Waals surface area contributed by atoms with Crippen LogP contribution in [-0.2, 0) is 16.1 Å². The van der Waals surface area contributed by atoms with Crippen molar-refractivity contribution in [1.29, 1.82) is 0 Å². The van der Waals surface area contributed by atoms with Crippen LogP contribution in [0.4, 0.5) is 0 Å². The van der Waals surface area contributed by atoms with E-state index in [0.29, 0.717) is 0 Å². The van der Waals surface area contributed by atoms with Gasteiger partial charge in [0, 0.05) is 11.7 Å². The molecule has 1 aromatic heterocycles. The molecule has 0 bridgehead atoms. The van der Waals surface area contributed by atoms with E-state index in [2.05, 4.69) is 5.10 Å². The second kappa shape index (κ2) is 4.80. The van der Waals surface area contributed by atoms with Crippen molar-refractivity contribution in [2.45, 2.75) is 39.3 Å². The summed E-state index contributed by atoms with van der Waals surface area (Å²) in [6, 6.07) is 2.00. The van der Waals surface area contributed by atoms with Crippen LogP contribution in [0.3, 0.4) is 0 Å². The Kier molecular flexibility index (Phi) is 3.36. The number of hydrogen-bond donors (Lipinski definition) is 1. The first-order chi connectivity index (χ1) is 8.47. The molecule has 1 amide bonds. The fraction of sp³-hybridized carbons (Fsp3) is 0.583. The maximum absolute atomic E-state index is 12.1. The number of carboxylic acids is 1. The molecule has 1 N–H and O–H groups in total. The topological polar surface area (TPSA) is 75.4 Å². The summed E-state index contributed by atoms with van der Waals surface area (Å²) in [5.41, 5.74) is 1.77. The predicted molar refractivity (Wildman–Crippen MR) is 64.1 cm³/mol. The summed E-state index contributed by atoms with van der Waals surface area (Å²) in [7, 11) is 0. The largest absolute Gasteiger partial charge is 0.480 e. The highest BCUT2D eigenvalue weighted by Gasteiger charge is 2.33. The van der Waals surface area contributed by atoms with E-state index in [-0.39, 0.29) is 25.0 Å². The minimum atomic E-state index is -0.969. The molecule has 1 heterocycles. The van der Waals surface area contributed by atoms with Crippen LogP contribution in [0, 0.1) is 13.8 Å². The average Bonchev–Trinajstić information content (AvgIpc) is 3.03. The summed E-state index contributed by atoms with van der Waals surface area (Å²) in [5.74, 6) is -1.14. The van der Waals surface area contributed by atoms with Crippen LogP contribution in [0.5, 0.6) is 0 Å². The van der Waals surface area contributed by atoms with Crippen molar-refractivity contribution in [1.82, 2.24) is 14.7 Å². The summed E-state index contributed by atoms with van der Waals surface area (Å²) >= 11 is 0. The van der Waals surface area contributed by atoms with Crippen LogP contribution in [0.1, 0.15) is 24.2 Å². The SMILES string of the molecule is Cc1cc(C)n(CC(=O)N(CC(=O)O)C2CC2)n1. The molecule has 1 aliphatic rings. The first-order valence-corrected chi connectivity index (χ1v) is 5.99. The molecule has 0 aromatic carbocycles. The van der Waals surface area contributed by atoms with E-state index in [1.54, 1.807) is 4.68 Å². The summed E-state index contributed by atoms with van der Waals surface area (Å²) in [5, 5.41) is 13.0. The summed E-state index contributed by atoms with van der Waals surface area (Å²) in [6.07, 6.45) is 1.80. The molecule has 6 heteroatoms. The number of aliphatic carboxylic acids is 1. The molecule has 0 saturated heterocycles. The molecule has 18 heavy (non-hydrogen) atoms. The van der Waals surface area contributed by atoms with Gasteiger partial charge in [-0.2, -0.15) is 5.10 Å².